The van der Waals surface area contributed by atoms with E-state index < -0.39 is 0 Å². The minimum Gasteiger partial charge on any atom is -0.321 e. The van der Waals surface area contributed by atoms with Gasteiger partial charge in [0.1, 0.15) is 0 Å². The molecule has 0 bridgehead atoms. The quantitative estimate of drug-likeness (QED) is 0.358. The minimum atomic E-state index is -0.219. The third-order valence-electron chi connectivity index (χ3n) is 4.51. The first-order valence-corrected chi connectivity index (χ1v) is 11.0. The van der Waals surface area contributed by atoms with Crippen LogP contribution >= 0.6 is 35.0 Å². The Morgan fingerprint density at radius 1 is 1.00 bits per heavy atom. The van der Waals surface area contributed by atoms with Gasteiger partial charge in [0.15, 0.2) is 5.16 Å². The van der Waals surface area contributed by atoms with E-state index in [4.69, 9.17) is 23.2 Å². The summed E-state index contributed by atoms with van der Waals surface area (Å²) in [4.78, 5) is 17.8. The summed E-state index contributed by atoms with van der Waals surface area (Å²) in [7, 11) is 0. The number of carbonyl (C=O) groups is 1. The molecule has 3 aromatic carbocycles. The molecule has 156 valence electrons. The van der Waals surface area contributed by atoms with Gasteiger partial charge in [-0.05, 0) is 72.2 Å². The van der Waals surface area contributed by atoms with Crippen molar-refractivity contribution in [3.05, 3.63) is 99.8 Å². The lowest BCUT2D eigenvalue weighted by Gasteiger charge is -2.11. The summed E-state index contributed by atoms with van der Waals surface area (Å²) >= 11 is 13.4. The van der Waals surface area contributed by atoms with Crippen molar-refractivity contribution in [1.82, 2.24) is 14.8 Å². The molecule has 0 unspecified atom stereocenters. The van der Waals surface area contributed by atoms with Gasteiger partial charge in [0, 0.05) is 15.5 Å². The predicted molar refractivity (Wildman–Crippen MR) is 125 cm³/mol. The summed E-state index contributed by atoms with van der Waals surface area (Å²) < 4.78 is 1.76. The van der Waals surface area contributed by atoms with Crippen molar-refractivity contribution in [3.8, 4) is 0 Å². The van der Waals surface area contributed by atoms with Gasteiger partial charge in [-0.2, -0.15) is 4.98 Å². The van der Waals surface area contributed by atoms with Crippen molar-refractivity contribution in [1.29, 1.82) is 0 Å². The number of aromatic nitrogens is 3. The summed E-state index contributed by atoms with van der Waals surface area (Å²) in [6.07, 6.45) is 0. The molecule has 0 atom stereocenters. The third-order valence-corrected chi connectivity index (χ3v) is 5.98. The maximum atomic E-state index is 12.7. The van der Waals surface area contributed by atoms with E-state index in [1.54, 1.807) is 28.9 Å². The molecule has 0 aliphatic heterocycles. The lowest BCUT2D eigenvalue weighted by molar-refractivity contribution is 0.102. The van der Waals surface area contributed by atoms with Gasteiger partial charge in [-0.15, -0.1) is 5.10 Å². The minimum absolute atomic E-state index is 0.178. The van der Waals surface area contributed by atoms with Crippen LogP contribution in [-0.4, -0.2) is 20.7 Å². The van der Waals surface area contributed by atoms with Crippen molar-refractivity contribution in [2.24, 2.45) is 0 Å². The Labute approximate surface area is 194 Å². The van der Waals surface area contributed by atoms with E-state index in [0.717, 1.165) is 10.5 Å². The lowest BCUT2D eigenvalue weighted by atomic mass is 10.1. The fourth-order valence-electron chi connectivity index (χ4n) is 2.90. The molecule has 31 heavy (non-hydrogen) atoms. The number of anilines is 1. The van der Waals surface area contributed by atoms with E-state index in [2.05, 4.69) is 39.7 Å². The van der Waals surface area contributed by atoms with E-state index in [1.807, 2.05) is 31.2 Å². The molecule has 0 radical (unpaired) electrons. The Bertz CT molecular complexity index is 1210. The summed E-state index contributed by atoms with van der Waals surface area (Å²) in [6.45, 7) is 2.59. The van der Waals surface area contributed by atoms with Crippen LogP contribution in [0.25, 0.3) is 0 Å². The second-order valence-electron chi connectivity index (χ2n) is 6.87. The van der Waals surface area contributed by atoms with Crippen molar-refractivity contribution < 1.29 is 4.79 Å². The fourth-order valence-corrected chi connectivity index (χ4v) is 4.16. The standard InChI is InChI=1S/C23H18Cl2N4OS/c1-15-6-8-16(9-7-15)14-29-23(27-22(25)28-29)31-20-5-3-2-4-19(20)26-21(30)17-10-12-18(24)13-11-17/h2-13H,14H2,1H3,(H,26,30). The molecule has 8 heteroatoms. The van der Waals surface area contributed by atoms with Crippen molar-refractivity contribution >= 4 is 46.6 Å². The molecule has 1 heterocycles. The van der Waals surface area contributed by atoms with Crippen LogP contribution in [0.1, 0.15) is 21.5 Å². The number of benzene rings is 3. The van der Waals surface area contributed by atoms with Crippen LogP contribution in [0.2, 0.25) is 10.3 Å². The average Bonchev–Trinajstić information content (AvgIpc) is 3.10. The number of halogens is 2. The summed E-state index contributed by atoms with van der Waals surface area (Å²) in [6, 6.07) is 22.5. The van der Waals surface area contributed by atoms with Crippen molar-refractivity contribution in [3.63, 3.8) is 0 Å². The number of carbonyl (C=O) groups excluding carboxylic acids is 1. The number of nitrogens with zero attached hydrogens (tertiary/aromatic N) is 3. The van der Waals surface area contributed by atoms with Crippen molar-refractivity contribution in [2.75, 3.05) is 5.32 Å². The SMILES string of the molecule is Cc1ccc(Cn2nc(Cl)nc2Sc2ccccc2NC(=O)c2ccc(Cl)cc2)cc1. The molecule has 4 aromatic rings. The normalized spacial score (nSPS) is 10.8. The maximum Gasteiger partial charge on any atom is 0.255 e. The van der Waals surface area contributed by atoms with Gasteiger partial charge in [-0.25, -0.2) is 4.68 Å². The number of aryl methyl sites for hydroxylation is 1. The van der Waals surface area contributed by atoms with Crippen molar-refractivity contribution in [2.45, 2.75) is 23.5 Å². The molecule has 0 saturated carbocycles. The molecule has 4 rings (SSSR count). The Hall–Kier alpha value is -2.80. The molecule has 0 fully saturated rings. The van der Waals surface area contributed by atoms with Crippen LogP contribution in [0.3, 0.4) is 0 Å². The average molecular weight is 469 g/mol. The van der Waals surface area contributed by atoms with Gasteiger partial charge in [0.25, 0.3) is 5.91 Å². The van der Waals surface area contributed by atoms with Crippen LogP contribution in [0.15, 0.2) is 82.8 Å². The number of amides is 1. The van der Waals surface area contributed by atoms with E-state index in [0.29, 0.717) is 28.0 Å². The second kappa shape index (κ2) is 9.56. The number of rotatable bonds is 6. The largest absolute Gasteiger partial charge is 0.321 e. The maximum absolute atomic E-state index is 12.7. The molecule has 1 N–H and O–H groups in total. The van der Waals surface area contributed by atoms with Gasteiger partial charge in [-0.1, -0.05) is 53.6 Å². The van der Waals surface area contributed by atoms with Crippen LogP contribution in [0.4, 0.5) is 5.69 Å². The number of nitrogens with one attached hydrogen (secondary N) is 1. The third kappa shape index (κ3) is 5.47. The van der Waals surface area contributed by atoms with Gasteiger partial charge in [0.05, 0.1) is 12.2 Å². The molecule has 0 spiro atoms. The molecule has 0 saturated heterocycles. The fraction of sp³-hybridized carbons (Fsp3) is 0.0870. The number of hydrogen-bond acceptors (Lipinski definition) is 4. The number of para-hydroxylation sites is 1. The molecule has 1 aromatic heterocycles. The summed E-state index contributed by atoms with van der Waals surface area (Å²) in [5.41, 5.74) is 3.49. The lowest BCUT2D eigenvalue weighted by Crippen LogP contribution is -2.12. The Morgan fingerprint density at radius 2 is 1.71 bits per heavy atom. The first kappa shape index (κ1) is 21.4. The highest BCUT2D eigenvalue weighted by Gasteiger charge is 2.15. The van der Waals surface area contributed by atoms with Crippen LogP contribution in [0, 0.1) is 6.92 Å². The van der Waals surface area contributed by atoms with E-state index in [9.17, 15) is 4.79 Å². The molecule has 0 aliphatic rings. The summed E-state index contributed by atoms with van der Waals surface area (Å²) in [5.74, 6) is -0.219. The molecular weight excluding hydrogens is 451 g/mol. The van der Waals surface area contributed by atoms with Crippen LogP contribution < -0.4 is 5.32 Å². The first-order chi connectivity index (χ1) is 15.0. The monoisotopic (exact) mass is 468 g/mol. The zero-order chi connectivity index (χ0) is 21.8. The van der Waals surface area contributed by atoms with E-state index >= 15 is 0 Å². The van der Waals surface area contributed by atoms with E-state index in [1.165, 1.54) is 17.3 Å². The van der Waals surface area contributed by atoms with Gasteiger partial charge >= 0.3 is 0 Å². The summed E-state index contributed by atoms with van der Waals surface area (Å²) in [5, 5.41) is 8.67. The second-order valence-corrected chi connectivity index (χ2v) is 8.65. The van der Waals surface area contributed by atoms with Crippen LogP contribution in [0.5, 0.6) is 0 Å². The van der Waals surface area contributed by atoms with Gasteiger partial charge in [0.2, 0.25) is 5.28 Å². The number of hydrogen-bond donors (Lipinski definition) is 1. The van der Waals surface area contributed by atoms with E-state index in [-0.39, 0.29) is 11.2 Å². The molecule has 1 amide bonds. The topological polar surface area (TPSA) is 59.8 Å². The van der Waals surface area contributed by atoms with Crippen LogP contribution in [-0.2, 0) is 6.54 Å². The highest BCUT2D eigenvalue weighted by atomic mass is 35.5. The van der Waals surface area contributed by atoms with Gasteiger partial charge < -0.3 is 5.32 Å². The molecular formula is C23H18Cl2N4OS. The highest BCUT2D eigenvalue weighted by molar-refractivity contribution is 7.99. The molecule has 0 aliphatic carbocycles. The predicted octanol–water partition coefficient (Wildman–Crippen LogP) is 6.35. The van der Waals surface area contributed by atoms with Gasteiger partial charge in [-0.3, -0.25) is 4.79 Å². The first-order valence-electron chi connectivity index (χ1n) is 9.47. The Morgan fingerprint density at radius 3 is 2.45 bits per heavy atom. The Balaban J connectivity index is 1.56. The smallest absolute Gasteiger partial charge is 0.255 e. The zero-order valence-corrected chi connectivity index (χ0v) is 18.9. The highest BCUT2D eigenvalue weighted by Crippen LogP contribution is 2.33. The zero-order valence-electron chi connectivity index (χ0n) is 16.5. The Kier molecular flexibility index (Phi) is 6.61. The molecule has 5 nitrogen and oxygen atoms in total.